The van der Waals surface area contributed by atoms with Crippen molar-refractivity contribution in [2.24, 2.45) is 4.99 Å². The van der Waals surface area contributed by atoms with E-state index in [1.54, 1.807) is 18.3 Å². The van der Waals surface area contributed by atoms with Gasteiger partial charge in [0.05, 0.1) is 4.92 Å². The number of benzene rings is 1. The van der Waals surface area contributed by atoms with Crippen LogP contribution in [0, 0.1) is 10.1 Å². The summed E-state index contributed by atoms with van der Waals surface area (Å²) in [5.41, 5.74) is 0.923. The fraction of sp³-hybridized carbons (Fsp3) is 0.720. The van der Waals surface area contributed by atoms with Crippen LogP contribution in [0.1, 0.15) is 115 Å². The lowest BCUT2D eigenvalue weighted by Gasteiger charge is -2.03. The molecule has 4 nitrogen and oxygen atoms in total. The summed E-state index contributed by atoms with van der Waals surface area (Å²) in [6, 6.07) is 6.63. The first-order chi connectivity index (χ1) is 14.2. The van der Waals surface area contributed by atoms with Crippen molar-refractivity contribution in [2.45, 2.75) is 110 Å². The summed E-state index contributed by atoms with van der Waals surface area (Å²) >= 11 is 0. The molecule has 0 aliphatic rings. The van der Waals surface area contributed by atoms with E-state index in [9.17, 15) is 10.1 Å². The average molecular weight is 403 g/mol. The average Bonchev–Trinajstić information content (AvgIpc) is 2.73. The molecule has 1 aromatic rings. The smallest absolute Gasteiger partial charge is 0.270 e. The Morgan fingerprint density at radius 2 is 1.28 bits per heavy atom. The third-order valence-corrected chi connectivity index (χ3v) is 5.46. The van der Waals surface area contributed by atoms with Crippen LogP contribution in [0.3, 0.4) is 0 Å². The van der Waals surface area contributed by atoms with E-state index in [0.29, 0.717) is 0 Å². The molecule has 0 atom stereocenters. The van der Waals surface area contributed by atoms with E-state index >= 15 is 0 Å². The largest absolute Gasteiger partial charge is 0.293 e. The maximum Gasteiger partial charge on any atom is 0.270 e. The van der Waals surface area contributed by atoms with Gasteiger partial charge in [-0.25, -0.2) is 0 Å². The Labute approximate surface area is 178 Å². The van der Waals surface area contributed by atoms with Crippen LogP contribution in [0.25, 0.3) is 0 Å². The zero-order valence-electron chi connectivity index (χ0n) is 18.6. The molecule has 0 unspecified atom stereocenters. The fourth-order valence-corrected chi connectivity index (χ4v) is 3.64. The molecular formula is C25H42N2O2. The normalized spacial score (nSPS) is 11.3. The van der Waals surface area contributed by atoms with Crippen molar-refractivity contribution in [3.05, 3.63) is 39.9 Å². The minimum atomic E-state index is -0.368. The highest BCUT2D eigenvalue weighted by atomic mass is 16.6. The third-order valence-electron chi connectivity index (χ3n) is 5.46. The molecule has 0 aromatic heterocycles. The first-order valence-electron chi connectivity index (χ1n) is 12.0. The van der Waals surface area contributed by atoms with Gasteiger partial charge in [-0.15, -0.1) is 0 Å². The van der Waals surface area contributed by atoms with Gasteiger partial charge < -0.3 is 0 Å². The molecule has 0 N–H and O–H groups in total. The van der Waals surface area contributed by atoms with E-state index in [1.807, 2.05) is 6.07 Å². The van der Waals surface area contributed by atoms with Gasteiger partial charge in [0.1, 0.15) is 0 Å². The monoisotopic (exact) mass is 402 g/mol. The molecule has 0 spiro atoms. The van der Waals surface area contributed by atoms with Crippen LogP contribution in [0.2, 0.25) is 0 Å². The van der Waals surface area contributed by atoms with Gasteiger partial charge in [0.25, 0.3) is 5.69 Å². The third kappa shape index (κ3) is 14.9. The number of nitro benzene ring substituents is 1. The number of hydrogen-bond acceptors (Lipinski definition) is 3. The Bertz CT molecular complexity index is 558. The molecule has 0 amide bonds. The number of rotatable bonds is 19. The van der Waals surface area contributed by atoms with Crippen LogP contribution in [0.4, 0.5) is 5.69 Å². The molecule has 0 radical (unpaired) electrons. The highest BCUT2D eigenvalue weighted by Crippen LogP contribution is 2.14. The predicted octanol–water partition coefficient (Wildman–Crippen LogP) is 8.28. The van der Waals surface area contributed by atoms with Crippen molar-refractivity contribution in [2.75, 3.05) is 6.54 Å². The summed E-state index contributed by atoms with van der Waals surface area (Å²) in [6.07, 6.45) is 23.7. The van der Waals surface area contributed by atoms with Crippen molar-refractivity contribution in [3.63, 3.8) is 0 Å². The summed E-state index contributed by atoms with van der Waals surface area (Å²) in [4.78, 5) is 14.8. The Hall–Kier alpha value is -1.71. The van der Waals surface area contributed by atoms with Crippen LogP contribution in [-0.4, -0.2) is 17.7 Å². The minimum Gasteiger partial charge on any atom is -0.293 e. The molecule has 0 saturated heterocycles. The first kappa shape index (κ1) is 25.3. The maximum atomic E-state index is 10.8. The minimum absolute atomic E-state index is 0.122. The zero-order valence-corrected chi connectivity index (χ0v) is 18.6. The lowest BCUT2D eigenvalue weighted by molar-refractivity contribution is -0.384. The number of nitrogens with zero attached hydrogens (tertiary/aromatic N) is 2. The number of nitro groups is 1. The van der Waals surface area contributed by atoms with Crippen LogP contribution in [-0.2, 0) is 0 Å². The highest BCUT2D eigenvalue weighted by molar-refractivity contribution is 5.80. The zero-order chi connectivity index (χ0) is 21.0. The fourth-order valence-electron chi connectivity index (χ4n) is 3.64. The van der Waals surface area contributed by atoms with Crippen LogP contribution in [0.15, 0.2) is 29.3 Å². The lowest BCUT2D eigenvalue weighted by Crippen LogP contribution is -1.90. The Morgan fingerprint density at radius 3 is 1.76 bits per heavy atom. The van der Waals surface area contributed by atoms with Gasteiger partial charge in [-0.2, -0.15) is 0 Å². The van der Waals surface area contributed by atoms with Gasteiger partial charge in [-0.05, 0) is 12.0 Å². The van der Waals surface area contributed by atoms with Crippen LogP contribution >= 0.6 is 0 Å². The summed E-state index contributed by atoms with van der Waals surface area (Å²) < 4.78 is 0. The summed E-state index contributed by atoms with van der Waals surface area (Å²) in [5, 5.41) is 10.8. The molecule has 0 aliphatic heterocycles. The summed E-state index contributed by atoms with van der Waals surface area (Å²) in [6.45, 7) is 3.08. The van der Waals surface area contributed by atoms with E-state index < -0.39 is 0 Å². The number of hydrogen-bond donors (Lipinski definition) is 0. The van der Waals surface area contributed by atoms with E-state index in [2.05, 4.69) is 11.9 Å². The van der Waals surface area contributed by atoms with Crippen molar-refractivity contribution < 1.29 is 4.92 Å². The molecule has 4 heteroatoms. The van der Waals surface area contributed by atoms with Crippen LogP contribution in [0.5, 0.6) is 0 Å². The summed E-state index contributed by atoms with van der Waals surface area (Å²) in [7, 11) is 0. The quantitative estimate of drug-likeness (QED) is 0.101. The number of non-ortho nitro benzene ring substituents is 1. The van der Waals surface area contributed by atoms with E-state index in [1.165, 1.54) is 102 Å². The molecule has 29 heavy (non-hydrogen) atoms. The van der Waals surface area contributed by atoms with Gasteiger partial charge >= 0.3 is 0 Å². The summed E-state index contributed by atoms with van der Waals surface area (Å²) in [5.74, 6) is 0. The van der Waals surface area contributed by atoms with Gasteiger partial charge in [0.15, 0.2) is 0 Å². The van der Waals surface area contributed by atoms with Gasteiger partial charge in [0, 0.05) is 24.9 Å². The van der Waals surface area contributed by atoms with Gasteiger partial charge in [0.2, 0.25) is 0 Å². The van der Waals surface area contributed by atoms with Crippen molar-refractivity contribution in [1.29, 1.82) is 0 Å². The standard InChI is InChI=1S/C25H42N2O2/c1-2-3-4-5-6-7-8-9-10-11-12-13-14-15-16-17-21-26-23-24-19-18-20-25(22-24)27(28)29/h18-20,22-23H,2-17,21H2,1H3. The lowest BCUT2D eigenvalue weighted by atomic mass is 10.0. The van der Waals surface area contributed by atoms with Crippen LogP contribution < -0.4 is 0 Å². The second kappa shape index (κ2) is 18.3. The SMILES string of the molecule is CCCCCCCCCCCCCCCCCCN=Cc1cccc([N+](=O)[O-])c1. The van der Waals surface area contributed by atoms with E-state index in [0.717, 1.165) is 18.5 Å². The van der Waals surface area contributed by atoms with Gasteiger partial charge in [-0.3, -0.25) is 15.1 Å². The molecule has 0 aliphatic carbocycles. The topological polar surface area (TPSA) is 55.5 Å². The van der Waals surface area contributed by atoms with Crippen molar-refractivity contribution in [1.82, 2.24) is 0 Å². The number of aliphatic imine (C=N–C) groups is 1. The molecule has 0 bridgehead atoms. The molecule has 1 aromatic carbocycles. The number of unbranched alkanes of at least 4 members (excludes halogenated alkanes) is 15. The Morgan fingerprint density at radius 1 is 0.793 bits per heavy atom. The second-order valence-corrected chi connectivity index (χ2v) is 8.19. The first-order valence-corrected chi connectivity index (χ1v) is 12.0. The molecular weight excluding hydrogens is 360 g/mol. The molecule has 164 valence electrons. The van der Waals surface area contributed by atoms with E-state index in [-0.39, 0.29) is 10.6 Å². The highest BCUT2D eigenvalue weighted by Gasteiger charge is 2.03. The Balaban J connectivity index is 1.84. The van der Waals surface area contributed by atoms with E-state index in [4.69, 9.17) is 0 Å². The van der Waals surface area contributed by atoms with Crippen molar-refractivity contribution in [3.8, 4) is 0 Å². The molecule has 1 rings (SSSR count). The molecule has 0 saturated carbocycles. The Kier molecular flexibility index (Phi) is 16.0. The maximum absolute atomic E-state index is 10.8. The van der Waals surface area contributed by atoms with Gasteiger partial charge in [-0.1, -0.05) is 115 Å². The second-order valence-electron chi connectivity index (χ2n) is 8.19. The molecule has 0 heterocycles. The molecule has 0 fully saturated rings. The van der Waals surface area contributed by atoms with Crippen molar-refractivity contribution >= 4 is 11.9 Å². The predicted molar refractivity (Wildman–Crippen MR) is 125 cm³/mol.